The van der Waals surface area contributed by atoms with Crippen molar-refractivity contribution in [3.05, 3.63) is 53.2 Å². The first-order valence-electron chi connectivity index (χ1n) is 4.78. The Hall–Kier alpha value is -2.07. The summed E-state index contributed by atoms with van der Waals surface area (Å²) in [6.45, 7) is 0. The molecule has 1 N–H and O–H groups in total. The van der Waals surface area contributed by atoms with E-state index in [9.17, 15) is 4.79 Å². The molecule has 0 unspecified atom stereocenters. The summed E-state index contributed by atoms with van der Waals surface area (Å²) < 4.78 is 5.39. The highest BCUT2D eigenvalue weighted by atomic mass is 35.5. The number of halogens is 1. The molecule has 0 aliphatic carbocycles. The van der Waals surface area contributed by atoms with Crippen LogP contribution in [0.25, 0.3) is 0 Å². The second kappa shape index (κ2) is 4.84. The first kappa shape index (κ1) is 11.4. The Bertz CT molecular complexity index is 557. The molecule has 2 rings (SSSR count). The highest BCUT2D eigenvalue weighted by Crippen LogP contribution is 2.27. The van der Waals surface area contributed by atoms with E-state index in [0.29, 0.717) is 10.8 Å². The molecule has 0 aliphatic rings. The highest BCUT2D eigenvalue weighted by Gasteiger charge is 2.07. The Kier molecular flexibility index (Phi) is 3.25. The molecule has 0 saturated heterocycles. The molecular formula is C12H8ClNO3. The number of aromatic nitrogens is 1. The van der Waals surface area contributed by atoms with Crippen molar-refractivity contribution >= 4 is 17.6 Å². The number of carbonyl (C=O) groups is 1. The van der Waals surface area contributed by atoms with Crippen LogP contribution in [0.3, 0.4) is 0 Å². The molecule has 1 aromatic carbocycles. The van der Waals surface area contributed by atoms with Gasteiger partial charge in [-0.1, -0.05) is 23.7 Å². The number of ether oxygens (including phenoxy) is 1. The van der Waals surface area contributed by atoms with Crippen molar-refractivity contribution < 1.29 is 14.6 Å². The van der Waals surface area contributed by atoms with Crippen molar-refractivity contribution in [2.45, 2.75) is 0 Å². The van der Waals surface area contributed by atoms with E-state index >= 15 is 0 Å². The molecule has 0 saturated carbocycles. The van der Waals surface area contributed by atoms with E-state index in [1.807, 2.05) is 0 Å². The van der Waals surface area contributed by atoms with Gasteiger partial charge in [0, 0.05) is 12.3 Å². The Morgan fingerprint density at radius 1 is 1.29 bits per heavy atom. The third kappa shape index (κ3) is 2.73. The Balaban J connectivity index is 2.28. The van der Waals surface area contributed by atoms with Crippen LogP contribution >= 0.6 is 11.6 Å². The average molecular weight is 250 g/mol. The molecule has 86 valence electrons. The standard InChI is InChI=1S/C12H8ClNO3/c13-9-3-1-2-4-10(9)17-11-7-8(12(15)16)5-6-14-11/h1-7H,(H,15,16). The van der Waals surface area contributed by atoms with Gasteiger partial charge in [0.15, 0.2) is 0 Å². The summed E-state index contributed by atoms with van der Waals surface area (Å²) in [5, 5.41) is 9.26. The van der Waals surface area contributed by atoms with Gasteiger partial charge in [-0.25, -0.2) is 9.78 Å². The van der Waals surface area contributed by atoms with Crippen LogP contribution in [0, 0.1) is 0 Å². The SMILES string of the molecule is O=C(O)c1ccnc(Oc2ccccc2Cl)c1. The Morgan fingerprint density at radius 3 is 2.76 bits per heavy atom. The normalized spacial score (nSPS) is 9.94. The molecule has 0 spiro atoms. The number of rotatable bonds is 3. The monoisotopic (exact) mass is 249 g/mol. The zero-order chi connectivity index (χ0) is 12.3. The number of carboxylic acids is 1. The predicted molar refractivity (Wildman–Crippen MR) is 62.7 cm³/mol. The number of benzene rings is 1. The molecule has 0 amide bonds. The van der Waals surface area contributed by atoms with Gasteiger partial charge in [-0.3, -0.25) is 0 Å². The summed E-state index contributed by atoms with van der Waals surface area (Å²) in [5.41, 5.74) is 0.113. The second-order valence-corrected chi connectivity index (χ2v) is 3.63. The second-order valence-electron chi connectivity index (χ2n) is 3.22. The van der Waals surface area contributed by atoms with Crippen molar-refractivity contribution in [3.63, 3.8) is 0 Å². The van der Waals surface area contributed by atoms with Gasteiger partial charge in [0.2, 0.25) is 5.88 Å². The van der Waals surface area contributed by atoms with Gasteiger partial charge in [-0.05, 0) is 18.2 Å². The van der Waals surface area contributed by atoms with Crippen LogP contribution < -0.4 is 4.74 Å². The average Bonchev–Trinajstić information content (AvgIpc) is 2.32. The summed E-state index contributed by atoms with van der Waals surface area (Å²) in [6, 6.07) is 9.63. The van der Waals surface area contributed by atoms with Crippen LogP contribution in [0.15, 0.2) is 42.6 Å². The van der Waals surface area contributed by atoms with Gasteiger partial charge in [0.1, 0.15) is 5.75 Å². The maximum absolute atomic E-state index is 10.8. The lowest BCUT2D eigenvalue weighted by molar-refractivity contribution is 0.0696. The van der Waals surface area contributed by atoms with Crippen LogP contribution in [0.5, 0.6) is 11.6 Å². The summed E-state index contributed by atoms with van der Waals surface area (Å²) in [4.78, 5) is 14.7. The third-order valence-electron chi connectivity index (χ3n) is 2.03. The minimum Gasteiger partial charge on any atom is -0.478 e. The molecule has 4 nitrogen and oxygen atoms in total. The van der Waals surface area contributed by atoms with Gasteiger partial charge in [0.05, 0.1) is 10.6 Å². The van der Waals surface area contributed by atoms with E-state index in [0.717, 1.165) is 0 Å². The first-order chi connectivity index (χ1) is 8.16. The van der Waals surface area contributed by atoms with Crippen molar-refractivity contribution in [1.82, 2.24) is 4.98 Å². The van der Waals surface area contributed by atoms with Gasteiger partial charge in [-0.2, -0.15) is 0 Å². The van der Waals surface area contributed by atoms with E-state index < -0.39 is 5.97 Å². The van der Waals surface area contributed by atoms with Crippen LogP contribution in [0.1, 0.15) is 10.4 Å². The number of aromatic carboxylic acids is 1. The van der Waals surface area contributed by atoms with Gasteiger partial charge < -0.3 is 9.84 Å². The molecule has 1 aromatic heterocycles. The fourth-order valence-electron chi connectivity index (χ4n) is 1.24. The van der Waals surface area contributed by atoms with E-state index in [4.69, 9.17) is 21.4 Å². The molecule has 1 heterocycles. The number of para-hydroxylation sites is 1. The van der Waals surface area contributed by atoms with E-state index in [1.165, 1.54) is 18.3 Å². The molecule has 0 fully saturated rings. The van der Waals surface area contributed by atoms with Gasteiger partial charge in [0.25, 0.3) is 0 Å². The van der Waals surface area contributed by atoms with Crippen LogP contribution in [0.2, 0.25) is 5.02 Å². The smallest absolute Gasteiger partial charge is 0.335 e. The van der Waals surface area contributed by atoms with Crippen LogP contribution in [0.4, 0.5) is 0 Å². The van der Waals surface area contributed by atoms with Crippen molar-refractivity contribution in [3.8, 4) is 11.6 Å². The number of hydrogen-bond acceptors (Lipinski definition) is 3. The van der Waals surface area contributed by atoms with Crippen molar-refractivity contribution in [2.75, 3.05) is 0 Å². The minimum absolute atomic E-state index is 0.113. The summed E-state index contributed by atoms with van der Waals surface area (Å²) >= 11 is 5.91. The van der Waals surface area contributed by atoms with E-state index in [2.05, 4.69) is 4.98 Å². The molecule has 5 heteroatoms. The maximum Gasteiger partial charge on any atom is 0.335 e. The largest absolute Gasteiger partial charge is 0.478 e. The number of carboxylic acid groups (broad SMARTS) is 1. The van der Waals surface area contributed by atoms with Gasteiger partial charge >= 0.3 is 5.97 Å². The lowest BCUT2D eigenvalue weighted by atomic mass is 10.3. The summed E-state index contributed by atoms with van der Waals surface area (Å²) in [7, 11) is 0. The van der Waals surface area contributed by atoms with E-state index in [1.54, 1.807) is 24.3 Å². The summed E-state index contributed by atoms with van der Waals surface area (Å²) in [6.07, 6.45) is 1.37. The van der Waals surface area contributed by atoms with Crippen molar-refractivity contribution in [2.24, 2.45) is 0 Å². The number of pyridine rings is 1. The first-order valence-corrected chi connectivity index (χ1v) is 5.16. The van der Waals surface area contributed by atoms with Crippen LogP contribution in [-0.2, 0) is 0 Å². The molecular weight excluding hydrogens is 242 g/mol. The molecule has 0 atom stereocenters. The third-order valence-corrected chi connectivity index (χ3v) is 2.35. The molecule has 0 radical (unpaired) electrons. The summed E-state index contributed by atoms with van der Waals surface area (Å²) in [5.74, 6) is -0.404. The Morgan fingerprint density at radius 2 is 2.06 bits per heavy atom. The number of nitrogens with zero attached hydrogens (tertiary/aromatic N) is 1. The van der Waals surface area contributed by atoms with Crippen LogP contribution in [-0.4, -0.2) is 16.1 Å². The Labute approximate surface area is 102 Å². The van der Waals surface area contributed by atoms with Crippen molar-refractivity contribution in [1.29, 1.82) is 0 Å². The predicted octanol–water partition coefficient (Wildman–Crippen LogP) is 3.23. The molecule has 0 aliphatic heterocycles. The number of hydrogen-bond donors (Lipinski definition) is 1. The van der Waals surface area contributed by atoms with E-state index in [-0.39, 0.29) is 11.4 Å². The fourth-order valence-corrected chi connectivity index (χ4v) is 1.41. The molecule has 2 aromatic rings. The topological polar surface area (TPSA) is 59.4 Å². The lowest BCUT2D eigenvalue weighted by Crippen LogP contribution is -1.97. The molecule has 17 heavy (non-hydrogen) atoms. The zero-order valence-corrected chi connectivity index (χ0v) is 9.39. The zero-order valence-electron chi connectivity index (χ0n) is 8.63. The molecule has 0 bridgehead atoms. The lowest BCUT2D eigenvalue weighted by Gasteiger charge is -2.06. The minimum atomic E-state index is -1.03. The quantitative estimate of drug-likeness (QED) is 0.907. The van der Waals surface area contributed by atoms with Gasteiger partial charge in [-0.15, -0.1) is 0 Å². The highest BCUT2D eigenvalue weighted by molar-refractivity contribution is 6.32. The maximum atomic E-state index is 10.8. The fraction of sp³-hybridized carbons (Fsp3) is 0.